The fourth-order valence-corrected chi connectivity index (χ4v) is 5.62. The van der Waals surface area contributed by atoms with Crippen LogP contribution >= 0.6 is 12.2 Å². The molecule has 1 aliphatic carbocycles. The van der Waals surface area contributed by atoms with E-state index in [-0.39, 0.29) is 22.3 Å². The second kappa shape index (κ2) is 10.1. The lowest BCUT2D eigenvalue weighted by atomic mass is 9.79. The summed E-state index contributed by atoms with van der Waals surface area (Å²) in [5, 5.41) is 6.28. The molecular weight excluding hydrogens is 459 g/mol. The smallest absolute Gasteiger partial charge is 0.361 e. The average molecular weight is 492 g/mol. The van der Waals surface area contributed by atoms with Crippen LogP contribution in [0.4, 0.5) is 24.9 Å². The Balaban J connectivity index is 1.50. The molecule has 1 saturated heterocycles. The molecule has 0 unspecified atom stereocenters. The van der Waals surface area contributed by atoms with Gasteiger partial charge in [0.2, 0.25) is 5.95 Å². The maximum Gasteiger partial charge on any atom is 0.433 e. The number of nitrogens with one attached hydrogen (secondary N) is 2. The Morgan fingerprint density at radius 1 is 1.09 bits per heavy atom. The van der Waals surface area contributed by atoms with E-state index < -0.39 is 11.9 Å². The van der Waals surface area contributed by atoms with Crippen molar-refractivity contribution in [2.24, 2.45) is 11.8 Å². The first-order chi connectivity index (χ1) is 16.1. The van der Waals surface area contributed by atoms with Crippen LogP contribution in [-0.2, 0) is 11.6 Å². The van der Waals surface area contributed by atoms with Crippen LogP contribution in [0.1, 0.15) is 57.2 Å². The van der Waals surface area contributed by atoms with E-state index in [1.807, 2.05) is 23.1 Å². The summed E-state index contributed by atoms with van der Waals surface area (Å²) in [7, 11) is 0. The molecule has 0 amide bonds. The molecule has 2 atom stereocenters. The highest BCUT2D eigenvalue weighted by Gasteiger charge is 2.36. The van der Waals surface area contributed by atoms with Crippen molar-refractivity contribution >= 4 is 29.1 Å². The average Bonchev–Trinajstić information content (AvgIpc) is 3.27. The number of hydrogen-bond acceptors (Lipinski definition) is 4. The molecule has 1 saturated carbocycles. The van der Waals surface area contributed by atoms with Gasteiger partial charge in [0.1, 0.15) is 5.82 Å². The van der Waals surface area contributed by atoms with Crippen LogP contribution in [0.5, 0.6) is 0 Å². The molecular formula is C25H32F3N5S. The summed E-state index contributed by atoms with van der Waals surface area (Å²) >= 11 is 5.45. The van der Waals surface area contributed by atoms with Crippen LogP contribution in [0.15, 0.2) is 36.4 Å². The third-order valence-electron chi connectivity index (χ3n) is 6.96. The number of piperidine rings is 1. The first-order valence-electron chi connectivity index (χ1n) is 12.0. The van der Waals surface area contributed by atoms with Crippen molar-refractivity contribution in [1.29, 1.82) is 0 Å². The van der Waals surface area contributed by atoms with Gasteiger partial charge >= 0.3 is 6.18 Å². The van der Waals surface area contributed by atoms with Gasteiger partial charge in [-0.2, -0.15) is 18.2 Å². The van der Waals surface area contributed by atoms with Gasteiger partial charge in [-0.05, 0) is 48.9 Å². The molecule has 2 fully saturated rings. The number of alkyl halides is 3. The van der Waals surface area contributed by atoms with Gasteiger partial charge in [0.05, 0.1) is 0 Å². The van der Waals surface area contributed by atoms with Crippen molar-refractivity contribution in [2.75, 3.05) is 29.9 Å². The van der Waals surface area contributed by atoms with E-state index >= 15 is 0 Å². The van der Waals surface area contributed by atoms with Crippen LogP contribution in [-0.4, -0.2) is 34.7 Å². The largest absolute Gasteiger partial charge is 0.433 e. The summed E-state index contributed by atoms with van der Waals surface area (Å²) < 4.78 is 40.8. The second-order valence-electron chi connectivity index (χ2n) is 9.94. The molecule has 0 bridgehead atoms. The van der Waals surface area contributed by atoms with Gasteiger partial charge in [0.15, 0.2) is 10.8 Å². The van der Waals surface area contributed by atoms with Gasteiger partial charge in [-0.3, -0.25) is 0 Å². The number of thiocarbonyl (C=S) groups is 1. The van der Waals surface area contributed by atoms with Crippen LogP contribution in [0, 0.1) is 11.8 Å². The monoisotopic (exact) mass is 491 g/mol. The van der Waals surface area contributed by atoms with Crippen LogP contribution in [0.3, 0.4) is 0 Å². The number of aromatic nitrogens is 2. The molecule has 0 radical (unpaired) electrons. The van der Waals surface area contributed by atoms with Gasteiger partial charge in [-0.15, -0.1) is 0 Å². The van der Waals surface area contributed by atoms with Gasteiger partial charge < -0.3 is 15.5 Å². The van der Waals surface area contributed by atoms with Gasteiger partial charge in [-0.25, -0.2) is 4.98 Å². The zero-order chi connectivity index (χ0) is 24.3. The molecule has 2 N–H and O–H groups in total. The predicted molar refractivity (Wildman–Crippen MR) is 133 cm³/mol. The zero-order valence-corrected chi connectivity index (χ0v) is 20.5. The molecule has 1 aromatic heterocycles. The second-order valence-corrected chi connectivity index (χ2v) is 10.4. The third-order valence-corrected chi connectivity index (χ3v) is 7.20. The topological polar surface area (TPSA) is 53.1 Å². The van der Waals surface area contributed by atoms with Crippen LogP contribution < -0.4 is 15.5 Å². The van der Waals surface area contributed by atoms with Crippen LogP contribution in [0.2, 0.25) is 0 Å². The maximum atomic E-state index is 13.6. The summed E-state index contributed by atoms with van der Waals surface area (Å²) in [5.74, 6) is 0.913. The van der Waals surface area contributed by atoms with E-state index in [0.29, 0.717) is 31.5 Å². The standard InChI is InChI=1S/C25H32F3N5S/c1-17-12-18(2)15-33(14-17)21-13-20(25(26,27)28)30-22(31-21)32-23(34)29-16-24(10-6-7-11-24)19-8-4-3-5-9-19/h3-5,8-9,13,17-18H,6-7,10-12,14-16H2,1-2H3,(H2,29,30,31,32,34)/t17-,18-/m1/s1. The van der Waals surface area contributed by atoms with E-state index in [1.165, 1.54) is 5.56 Å². The van der Waals surface area contributed by atoms with Crippen molar-refractivity contribution in [3.63, 3.8) is 0 Å². The zero-order valence-electron chi connectivity index (χ0n) is 19.7. The molecule has 1 aromatic carbocycles. The lowest BCUT2D eigenvalue weighted by Crippen LogP contribution is -2.41. The molecule has 1 aliphatic heterocycles. The third kappa shape index (κ3) is 5.79. The van der Waals surface area contributed by atoms with E-state index in [2.05, 4.69) is 46.6 Å². The molecule has 0 spiro atoms. The van der Waals surface area contributed by atoms with Gasteiger partial charge in [0.25, 0.3) is 0 Å². The molecule has 9 heteroatoms. The minimum atomic E-state index is -4.57. The minimum absolute atomic E-state index is 0.0348. The predicted octanol–water partition coefficient (Wildman–Crippen LogP) is 5.78. The normalized spacial score (nSPS) is 22.4. The lowest BCUT2D eigenvalue weighted by Gasteiger charge is -2.36. The number of nitrogens with zero attached hydrogens (tertiary/aromatic N) is 3. The highest BCUT2D eigenvalue weighted by atomic mass is 32.1. The highest BCUT2D eigenvalue weighted by molar-refractivity contribution is 7.80. The molecule has 5 nitrogen and oxygen atoms in total. The molecule has 2 heterocycles. The van der Waals surface area contributed by atoms with Crippen molar-refractivity contribution in [3.8, 4) is 0 Å². The van der Waals surface area contributed by atoms with Crippen molar-refractivity contribution in [1.82, 2.24) is 15.3 Å². The quantitative estimate of drug-likeness (QED) is 0.518. The first kappa shape index (κ1) is 24.7. The number of halogens is 3. The van der Waals surface area contributed by atoms with Crippen molar-refractivity contribution < 1.29 is 13.2 Å². The first-order valence-corrected chi connectivity index (χ1v) is 12.4. The Kier molecular flexibility index (Phi) is 7.31. The summed E-state index contributed by atoms with van der Waals surface area (Å²) in [6.45, 7) is 6.16. The van der Waals surface area contributed by atoms with Gasteiger partial charge in [-0.1, -0.05) is 57.0 Å². The lowest BCUT2D eigenvalue weighted by molar-refractivity contribution is -0.141. The SMILES string of the molecule is C[C@@H]1C[C@@H](C)CN(c2cc(C(F)(F)F)nc(NC(=S)NCC3(c4ccccc4)CCCC3)n2)C1. The molecule has 2 aromatic rings. The highest BCUT2D eigenvalue weighted by Crippen LogP contribution is 2.40. The number of rotatable bonds is 5. The molecule has 34 heavy (non-hydrogen) atoms. The Bertz CT molecular complexity index is 982. The van der Waals surface area contributed by atoms with E-state index in [4.69, 9.17) is 12.2 Å². The Hall–Kier alpha value is -2.42. The van der Waals surface area contributed by atoms with Gasteiger partial charge in [0, 0.05) is 31.1 Å². The van der Waals surface area contributed by atoms with E-state index in [0.717, 1.165) is 38.2 Å². The fraction of sp³-hybridized carbons (Fsp3) is 0.560. The summed E-state index contributed by atoms with van der Waals surface area (Å²) in [4.78, 5) is 10.1. The fourth-order valence-electron chi connectivity index (χ4n) is 5.45. The Labute approximate surface area is 204 Å². The van der Waals surface area contributed by atoms with E-state index in [9.17, 15) is 13.2 Å². The van der Waals surface area contributed by atoms with Crippen LogP contribution in [0.25, 0.3) is 0 Å². The summed E-state index contributed by atoms with van der Waals surface area (Å²) in [5.41, 5.74) is 0.256. The van der Waals surface area contributed by atoms with E-state index in [1.54, 1.807) is 0 Å². The Morgan fingerprint density at radius 2 is 1.74 bits per heavy atom. The number of anilines is 2. The molecule has 4 rings (SSSR count). The number of benzene rings is 1. The molecule has 2 aliphatic rings. The Morgan fingerprint density at radius 3 is 2.35 bits per heavy atom. The van der Waals surface area contributed by atoms with Crippen molar-refractivity contribution in [3.05, 3.63) is 47.7 Å². The summed E-state index contributed by atoms with van der Waals surface area (Å²) in [6.07, 6.45) is 0.852. The minimum Gasteiger partial charge on any atom is -0.361 e. The van der Waals surface area contributed by atoms with Crippen molar-refractivity contribution in [2.45, 2.75) is 57.5 Å². The summed E-state index contributed by atoms with van der Waals surface area (Å²) in [6, 6.07) is 11.4. The molecule has 184 valence electrons. The maximum absolute atomic E-state index is 13.6. The number of hydrogen-bond donors (Lipinski definition) is 2.